The first kappa shape index (κ1) is 90.7. The van der Waals surface area contributed by atoms with E-state index in [-0.39, 0.29) is 97.0 Å². The van der Waals surface area contributed by atoms with Crippen LogP contribution in [0.2, 0.25) is 10.2 Å². The molecule has 0 unspecified atom stereocenters. The number of amides is 2. The number of hydrogen-bond donors (Lipinski definition) is 5. The number of aromatic hydroxyl groups is 2. The Morgan fingerprint density at radius 1 is 0.673 bits per heavy atom. The molecule has 0 saturated heterocycles. The number of nitrogen functional groups attached to an aromatic ring is 1. The summed E-state index contributed by atoms with van der Waals surface area (Å²) in [4.78, 5) is 90.1. The van der Waals surface area contributed by atoms with E-state index in [4.69, 9.17) is 48.4 Å². The van der Waals surface area contributed by atoms with Gasteiger partial charge in [-0.25, -0.2) is 59.0 Å². The van der Waals surface area contributed by atoms with Crippen molar-refractivity contribution in [1.29, 1.82) is 0 Å². The fourth-order valence-electron chi connectivity index (χ4n) is 9.65. The number of aromatic nitrogens is 8. The Labute approximate surface area is 667 Å². The molecule has 9 aromatic rings. The molecule has 580 valence electrons. The van der Waals surface area contributed by atoms with Crippen LogP contribution in [0.25, 0.3) is 4.72 Å². The van der Waals surface area contributed by atoms with Crippen LogP contribution in [0.4, 0.5) is 42.8 Å². The number of hydrogen-bond acceptors (Lipinski definition) is 26. The number of carboxylic acid groups (broad SMARTS) is 1. The van der Waals surface area contributed by atoms with Crippen molar-refractivity contribution in [2.45, 2.75) is 66.8 Å². The molecule has 0 spiro atoms. The normalized spacial score (nSPS) is 12.3. The number of pyridine rings is 1. The second kappa shape index (κ2) is 37.2. The number of aromatic carboxylic acids is 1. The van der Waals surface area contributed by atoms with E-state index in [0.29, 0.717) is 59.1 Å². The number of nitrogens with zero attached hydrogens (tertiary/aromatic N) is 10. The molecule has 0 saturated carbocycles. The zero-order chi connectivity index (χ0) is 81.8. The number of sulfonamides is 1. The van der Waals surface area contributed by atoms with Crippen molar-refractivity contribution < 1.29 is 144 Å². The number of esters is 2. The van der Waals surface area contributed by atoms with Crippen molar-refractivity contribution in [1.82, 2.24) is 39.5 Å². The van der Waals surface area contributed by atoms with Gasteiger partial charge in [0.15, 0.2) is 48.7 Å². The first-order valence-electron chi connectivity index (χ1n) is 30.3. The number of nitrogens with one attached hydrogen (secondary N) is 1. The van der Waals surface area contributed by atoms with Gasteiger partial charge in [-0.3, -0.25) is 14.4 Å². The van der Waals surface area contributed by atoms with Crippen LogP contribution in [0.5, 0.6) is 17.8 Å². The van der Waals surface area contributed by atoms with Crippen molar-refractivity contribution in [2.75, 3.05) is 44.4 Å². The summed E-state index contributed by atoms with van der Waals surface area (Å²) in [5, 5.41) is 42.0. The number of rotatable bonds is 16. The van der Waals surface area contributed by atoms with Crippen molar-refractivity contribution in [2.24, 2.45) is 19.3 Å². The van der Waals surface area contributed by atoms with Crippen molar-refractivity contribution >= 4 is 128 Å². The third kappa shape index (κ3) is 22.6. The molecule has 0 aliphatic carbocycles. The van der Waals surface area contributed by atoms with Gasteiger partial charge in [0.05, 0.1) is 80.7 Å². The first-order chi connectivity index (χ1) is 50.6. The SMILES string of the molecule is CCOC(=O)C1=NOC(c2ccccc2)(c2ccccc2)C1.COC(=O)c1ccc(I)cc1S(=O)(=O)[N-]C(=O)Nc1nc(C)nc(OC)n1.Cc1nn(C)c(O)c1C(=O)c1ccc(C(F)(F)F)cc1S(C)(=O)=O.Cc1nn(C)c(O)c1C(=O)c1ccc(C(F)(F)F)cc1S(C)(=O)=O.Nc1cc(Cl)nc(C(=O)O)c1Cl.[Na+]. The van der Waals surface area contributed by atoms with Crippen molar-refractivity contribution in [3.05, 3.63) is 213 Å². The summed E-state index contributed by atoms with van der Waals surface area (Å²) in [5.74, 6) is -5.40. The minimum Gasteiger partial charge on any atom is -0.493 e. The van der Waals surface area contributed by atoms with Crippen LogP contribution in [0.1, 0.15) is 105 Å². The van der Waals surface area contributed by atoms with Gasteiger partial charge in [0.1, 0.15) is 22.1 Å². The summed E-state index contributed by atoms with van der Waals surface area (Å²) < 4.78 is 169. The summed E-state index contributed by atoms with van der Waals surface area (Å²) in [5.41, 5.74) is 2.76. The molecule has 1 aliphatic rings. The molecule has 6 N–H and O–H groups in total. The number of oxime groups is 1. The zero-order valence-electron chi connectivity index (χ0n) is 59.0. The Morgan fingerprint density at radius 3 is 1.54 bits per heavy atom. The molecule has 110 heavy (non-hydrogen) atoms. The number of urea groups is 1. The van der Waals surface area contributed by atoms with E-state index in [9.17, 15) is 90.6 Å². The van der Waals surface area contributed by atoms with Crippen LogP contribution in [0.15, 0.2) is 141 Å². The largest absolute Gasteiger partial charge is 1.00 e. The van der Waals surface area contributed by atoms with Crippen LogP contribution in [0, 0.1) is 24.3 Å². The number of nitrogens with two attached hydrogens (primary N) is 1. The second-order valence-corrected chi connectivity index (χ2v) is 29.9. The number of alkyl halides is 6. The Kier molecular flexibility index (Phi) is 30.7. The van der Waals surface area contributed by atoms with Gasteiger partial charge < -0.3 is 50.1 Å². The van der Waals surface area contributed by atoms with Crippen LogP contribution >= 0.6 is 45.8 Å². The Hall–Kier alpha value is -9.89. The number of ketones is 2. The number of halogens is 9. The molecule has 1 aliphatic heterocycles. The molecule has 44 heteroatoms. The molecule has 5 heterocycles. The number of carbonyl (C=O) groups is 6. The monoisotopic (exact) mass is 1750 g/mol. The molecule has 10 rings (SSSR count). The number of methoxy groups -OCH3 is 2. The average Bonchev–Trinajstić information content (AvgIpc) is 1.60. The van der Waals surface area contributed by atoms with E-state index in [1.165, 1.54) is 66.2 Å². The maximum Gasteiger partial charge on any atom is 1.00 e. The minimum atomic E-state index is -4.76. The van der Waals surface area contributed by atoms with Gasteiger partial charge in [0, 0.05) is 52.4 Å². The van der Waals surface area contributed by atoms with Crippen LogP contribution in [0.3, 0.4) is 0 Å². The van der Waals surface area contributed by atoms with Crippen LogP contribution in [-0.4, -0.2) is 155 Å². The van der Waals surface area contributed by atoms with Gasteiger partial charge in [-0.15, -0.1) is 0 Å². The minimum absolute atomic E-state index is 0. The number of carbonyl (C=O) groups excluding carboxylic acids is 5. The molecule has 5 aromatic carbocycles. The molecule has 0 radical (unpaired) electrons. The van der Waals surface area contributed by atoms with Gasteiger partial charge in [-0.05, 0) is 111 Å². The van der Waals surface area contributed by atoms with E-state index in [0.717, 1.165) is 39.7 Å². The Morgan fingerprint density at radius 2 is 1.14 bits per heavy atom. The van der Waals surface area contributed by atoms with E-state index in [2.05, 4.69) is 50.1 Å². The maximum absolute atomic E-state index is 12.8. The Balaban J connectivity index is 0.000000250. The van der Waals surface area contributed by atoms with Crippen LogP contribution in [-0.2, 0) is 80.9 Å². The van der Waals surface area contributed by atoms with Gasteiger partial charge in [-0.1, -0.05) is 89.0 Å². The standard InChI is InChI=1S/C18H17NO3.2C14H13F3N2O4S.C14H14IN5O6S.C6H4Cl2N2O2.Na/c1-2-21-17(20)16-13-18(22-19-16,14-9-5-3-6-10-14)15-11-7-4-8-12-15;2*1-7-11(13(21)19(2)18-7)12(20)9-5-4-8(14(15,16)17)6-10(9)24(3,22)23;1-7-16-12(19-14(17-7)26-3)18-13(22)20-27(23,24)10-6-8(15)4-5-9(10)11(21)25-2;7-3-1-2(9)4(8)5(10-3)6(11)12;/h3-12H,2,13H2,1H3;2*4-6,21H,1-3H3;4-6H,1-3H3,(H2,16,17,18,19,20,22);1H,(H2,9,10)(H,11,12);/q;;;;;+1/p-1. The summed E-state index contributed by atoms with van der Waals surface area (Å²) in [6.45, 7) is 6.45. The quantitative estimate of drug-likeness (QED) is 0.0153. The van der Waals surface area contributed by atoms with E-state index in [1.54, 1.807) is 6.92 Å². The van der Waals surface area contributed by atoms with E-state index in [1.807, 2.05) is 83.3 Å². The predicted molar refractivity (Wildman–Crippen MR) is 385 cm³/mol. The number of sulfone groups is 2. The van der Waals surface area contributed by atoms with Gasteiger partial charge in [-0.2, -0.15) is 46.5 Å². The zero-order valence-corrected chi connectivity index (χ0v) is 67.1. The number of aryl methyl sites for hydroxylation is 5. The maximum atomic E-state index is 12.8. The summed E-state index contributed by atoms with van der Waals surface area (Å²) >= 11 is 12.8. The predicted octanol–water partition coefficient (Wildman–Crippen LogP) is 7.99. The fraction of sp³-hybridized carbons (Fsp3) is 0.227. The number of anilines is 2. The third-order valence-corrected chi connectivity index (χ3v) is 19.4. The van der Waals surface area contributed by atoms with E-state index >= 15 is 0 Å². The van der Waals surface area contributed by atoms with Gasteiger partial charge in [0.25, 0.3) is 0 Å². The van der Waals surface area contributed by atoms with Gasteiger partial charge >= 0.3 is 65.8 Å². The number of carboxylic acids is 1. The topological polar surface area (TPSA) is 454 Å². The molecular weight excluding hydrogens is 1700 g/mol. The summed E-state index contributed by atoms with van der Waals surface area (Å²) in [6.07, 6.45) is -7.74. The smallest absolute Gasteiger partial charge is 0.493 e. The van der Waals surface area contributed by atoms with Crippen molar-refractivity contribution in [3.63, 3.8) is 0 Å². The Bertz CT molecular complexity index is 5210. The number of ether oxygens (including phenoxy) is 3. The molecule has 4 aromatic heterocycles. The number of benzene rings is 5. The molecule has 31 nitrogen and oxygen atoms in total. The second-order valence-electron chi connectivity index (χ2n) is 22.3. The summed E-state index contributed by atoms with van der Waals surface area (Å²) in [6, 6.07) is 27.2. The molecule has 0 atom stereocenters. The molecule has 0 bridgehead atoms. The first-order valence-corrected chi connectivity index (χ1v) is 37.4. The fourth-order valence-corrected chi connectivity index (χ4v) is 13.6. The molecule has 0 fully saturated rings. The van der Waals surface area contributed by atoms with Gasteiger partial charge in [0.2, 0.25) is 33.3 Å². The molecular formula is C66H60Cl2F6IN12NaO19S3. The average molecular weight is 1760 g/mol. The van der Waals surface area contributed by atoms with E-state index < -0.39 is 132 Å². The van der Waals surface area contributed by atoms with Crippen LogP contribution < -0.4 is 45.3 Å². The van der Waals surface area contributed by atoms with Crippen molar-refractivity contribution in [3.8, 4) is 17.8 Å². The summed E-state index contributed by atoms with van der Waals surface area (Å²) in [7, 11) is -7.59. The molecule has 2 amide bonds. The third-order valence-electron chi connectivity index (χ3n) is 14.6.